The molecule has 17 heavy (non-hydrogen) atoms. The monoisotopic (exact) mass is 516 g/mol. The molecule has 0 aromatic rings. The van der Waals surface area contributed by atoms with E-state index < -0.39 is 0 Å². The SMILES string of the molecule is Cl.Cl.Cl.Cl.Cl.Cl.Cl.Cl.Cl.[NaH].[NaH].[NaH].[NaH].[NaH].[NaH].[NaH].[NaH]. The van der Waals surface area contributed by atoms with Crippen LogP contribution in [0.1, 0.15) is 0 Å². The summed E-state index contributed by atoms with van der Waals surface area (Å²) in [5, 5.41) is 0. The zero-order chi connectivity index (χ0) is 0. The van der Waals surface area contributed by atoms with Crippen molar-refractivity contribution in [3.63, 3.8) is 0 Å². The summed E-state index contributed by atoms with van der Waals surface area (Å²) in [5.74, 6) is 0. The minimum atomic E-state index is 0. The molecule has 0 aromatic carbocycles. The van der Waals surface area contributed by atoms with E-state index in [1.165, 1.54) is 0 Å². The van der Waals surface area contributed by atoms with E-state index in [0.29, 0.717) is 0 Å². The topological polar surface area (TPSA) is 0 Å². The van der Waals surface area contributed by atoms with Crippen molar-refractivity contribution >= 4 is 348 Å². The normalized spacial score (nSPS) is 0. The Morgan fingerprint density at radius 2 is 0.118 bits per heavy atom. The number of hydrogen-bond donors (Lipinski definition) is 0. The van der Waals surface area contributed by atoms with Crippen LogP contribution in [0.2, 0.25) is 0 Å². The Morgan fingerprint density at radius 1 is 0.118 bits per heavy atom. The van der Waals surface area contributed by atoms with Crippen LogP contribution in [-0.4, -0.2) is 236 Å². The van der Waals surface area contributed by atoms with Crippen molar-refractivity contribution in [1.29, 1.82) is 0 Å². The van der Waals surface area contributed by atoms with Gasteiger partial charge in [-0.3, -0.25) is 0 Å². The molecular weight excluding hydrogens is 503 g/mol. The van der Waals surface area contributed by atoms with E-state index in [1.807, 2.05) is 0 Å². The molecule has 88 valence electrons. The Labute approximate surface area is 338 Å². The minimum absolute atomic E-state index is 0. The molecule has 0 N–H and O–H groups in total. The molecule has 0 spiro atoms. The summed E-state index contributed by atoms with van der Waals surface area (Å²) in [6.07, 6.45) is 0. The summed E-state index contributed by atoms with van der Waals surface area (Å²) >= 11 is 0. The fourth-order valence-electron chi connectivity index (χ4n) is 0. The van der Waals surface area contributed by atoms with Crippen LogP contribution in [0.4, 0.5) is 0 Å². The zero-order valence-corrected chi connectivity index (χ0v) is 11.0. The van der Waals surface area contributed by atoms with Crippen LogP contribution in [0.5, 0.6) is 0 Å². The van der Waals surface area contributed by atoms with E-state index in [0.717, 1.165) is 0 Å². The molecule has 0 aliphatic rings. The van der Waals surface area contributed by atoms with E-state index in [-0.39, 0.29) is 348 Å². The van der Waals surface area contributed by atoms with Crippen LogP contribution < -0.4 is 0 Å². The first kappa shape index (κ1) is 174. The first-order chi connectivity index (χ1) is 0. The molecule has 0 aliphatic heterocycles. The van der Waals surface area contributed by atoms with Crippen molar-refractivity contribution in [3.8, 4) is 0 Å². The maximum absolute atomic E-state index is 0. The Bertz CT molecular complexity index is 17.0. The van der Waals surface area contributed by atoms with Gasteiger partial charge in [0.25, 0.3) is 0 Å². The average molecular weight is 520 g/mol. The summed E-state index contributed by atoms with van der Waals surface area (Å²) in [6, 6.07) is 0. The quantitative estimate of drug-likeness (QED) is 0.346. The second-order valence-corrected chi connectivity index (χ2v) is 0. The van der Waals surface area contributed by atoms with Gasteiger partial charge in [-0.25, -0.2) is 0 Å². The van der Waals surface area contributed by atoms with Gasteiger partial charge in [0.15, 0.2) is 0 Å². The number of rotatable bonds is 0. The Kier molecular flexibility index (Phi) is 1580. The average Bonchev–Trinajstić information content (AvgIpc) is 0. The van der Waals surface area contributed by atoms with Crippen molar-refractivity contribution in [2.75, 3.05) is 0 Å². The van der Waals surface area contributed by atoms with Crippen LogP contribution in [-0.2, 0) is 0 Å². The zero-order valence-electron chi connectivity index (χ0n) is 3.67. The molecule has 17 heteroatoms. The van der Waals surface area contributed by atoms with Crippen LogP contribution in [0.15, 0.2) is 0 Å². The fraction of sp³-hybridized carbons (Fsp3) is 0. The molecule has 0 atom stereocenters. The fourth-order valence-corrected chi connectivity index (χ4v) is 0. The van der Waals surface area contributed by atoms with Gasteiger partial charge >= 0.3 is 236 Å². The van der Waals surface area contributed by atoms with Gasteiger partial charge in [-0.15, -0.1) is 112 Å². The van der Waals surface area contributed by atoms with Gasteiger partial charge in [-0.05, 0) is 0 Å². The van der Waals surface area contributed by atoms with Crippen LogP contribution in [0, 0.1) is 0 Å². The number of halogens is 9. The summed E-state index contributed by atoms with van der Waals surface area (Å²) in [7, 11) is 0. The van der Waals surface area contributed by atoms with Gasteiger partial charge in [-0.2, -0.15) is 0 Å². The molecule has 0 aliphatic carbocycles. The molecule has 0 aromatic heterocycles. The molecule has 0 saturated carbocycles. The van der Waals surface area contributed by atoms with Gasteiger partial charge in [0, 0.05) is 0 Å². The predicted octanol–water partition coefficient (Wildman–Crippen LogP) is -1.39. The predicted molar refractivity (Wildman–Crippen MR) is 122 cm³/mol. The summed E-state index contributed by atoms with van der Waals surface area (Å²) < 4.78 is 0. The van der Waals surface area contributed by atoms with Crippen molar-refractivity contribution < 1.29 is 0 Å². The second kappa shape index (κ2) is 155. The molecule has 0 amide bonds. The van der Waals surface area contributed by atoms with Gasteiger partial charge in [0.05, 0.1) is 0 Å². The van der Waals surface area contributed by atoms with Gasteiger partial charge < -0.3 is 0 Å². The molecule has 0 unspecified atom stereocenters. The van der Waals surface area contributed by atoms with E-state index in [2.05, 4.69) is 0 Å². The molecule has 0 rings (SSSR count). The number of hydrogen-bond acceptors (Lipinski definition) is 0. The van der Waals surface area contributed by atoms with Crippen molar-refractivity contribution in [1.82, 2.24) is 0 Å². The third kappa shape index (κ3) is 143. The van der Waals surface area contributed by atoms with Crippen LogP contribution >= 0.6 is 112 Å². The van der Waals surface area contributed by atoms with Crippen LogP contribution in [0.3, 0.4) is 0 Å². The first-order valence-corrected chi connectivity index (χ1v) is 0. The molecule has 0 nitrogen and oxygen atoms in total. The molecular formula is H17Cl9Na8. The summed E-state index contributed by atoms with van der Waals surface area (Å²) in [4.78, 5) is 0. The standard InChI is InChI=1S/9ClH.8Na.8H/h9*1H;;;;;;;;;;;;;;;;. The van der Waals surface area contributed by atoms with E-state index >= 15 is 0 Å². The summed E-state index contributed by atoms with van der Waals surface area (Å²) in [6.45, 7) is 0. The molecule has 0 radical (unpaired) electrons. The Hall–Kier alpha value is 10.6. The van der Waals surface area contributed by atoms with Crippen LogP contribution in [0.25, 0.3) is 0 Å². The van der Waals surface area contributed by atoms with Gasteiger partial charge in [0.2, 0.25) is 0 Å². The van der Waals surface area contributed by atoms with Gasteiger partial charge in [-0.1, -0.05) is 0 Å². The van der Waals surface area contributed by atoms with E-state index in [9.17, 15) is 0 Å². The maximum atomic E-state index is 0. The van der Waals surface area contributed by atoms with E-state index in [4.69, 9.17) is 0 Å². The molecule has 0 bridgehead atoms. The van der Waals surface area contributed by atoms with Crippen molar-refractivity contribution in [3.05, 3.63) is 0 Å². The third-order valence-electron chi connectivity index (χ3n) is 0. The molecule has 0 saturated heterocycles. The Balaban J connectivity index is 0. The third-order valence-corrected chi connectivity index (χ3v) is 0. The van der Waals surface area contributed by atoms with Crippen molar-refractivity contribution in [2.24, 2.45) is 0 Å². The first-order valence-electron chi connectivity index (χ1n) is 0. The van der Waals surface area contributed by atoms with E-state index in [1.54, 1.807) is 0 Å². The second-order valence-electron chi connectivity index (χ2n) is 0. The molecule has 0 fully saturated rings. The van der Waals surface area contributed by atoms with Crippen molar-refractivity contribution in [2.45, 2.75) is 0 Å². The molecule has 0 heterocycles. The summed E-state index contributed by atoms with van der Waals surface area (Å²) in [5.41, 5.74) is 0. The Morgan fingerprint density at radius 3 is 0.118 bits per heavy atom. The van der Waals surface area contributed by atoms with Gasteiger partial charge in [0.1, 0.15) is 0 Å².